The molecule has 3 rings (SSSR count). The third-order valence-electron chi connectivity index (χ3n) is 4.28. The molecule has 0 aliphatic carbocycles. The molecule has 0 radical (unpaired) electrons. The maximum absolute atomic E-state index is 14.2. The zero-order valence-corrected chi connectivity index (χ0v) is 16.0. The first kappa shape index (κ1) is 18.9. The number of benzene rings is 2. The van der Waals surface area contributed by atoms with Gasteiger partial charge in [-0.05, 0) is 6.92 Å². The third-order valence-corrected chi connectivity index (χ3v) is 7.59. The lowest BCUT2D eigenvalue weighted by Gasteiger charge is -2.27. The maximum atomic E-state index is 14.2. The van der Waals surface area contributed by atoms with E-state index in [-0.39, 0.29) is 11.6 Å². The van der Waals surface area contributed by atoms with E-state index in [9.17, 15) is 9.36 Å². The van der Waals surface area contributed by atoms with Crippen molar-refractivity contribution >= 4 is 23.7 Å². The lowest BCUT2D eigenvalue weighted by molar-refractivity contribution is -0.137. The first-order valence-corrected chi connectivity index (χ1v) is 10.6. The van der Waals surface area contributed by atoms with Gasteiger partial charge in [0, 0.05) is 35.3 Å². The van der Waals surface area contributed by atoms with Crippen molar-refractivity contribution in [2.75, 3.05) is 6.61 Å². The minimum absolute atomic E-state index is 0.255. The molecule has 2 aromatic carbocycles. The number of ether oxygens (including phenoxy) is 1. The summed E-state index contributed by atoms with van der Waals surface area (Å²) < 4.78 is 19.1. The Hall–Kier alpha value is -2.84. The summed E-state index contributed by atoms with van der Waals surface area (Å²) in [6.07, 6.45) is 10.5. The van der Waals surface area contributed by atoms with E-state index in [1.54, 1.807) is 18.0 Å². The molecule has 138 valence electrons. The van der Waals surface area contributed by atoms with Crippen LogP contribution in [0.1, 0.15) is 6.92 Å². The van der Waals surface area contributed by atoms with Gasteiger partial charge in [-0.3, -0.25) is 0 Å². The Labute approximate surface area is 159 Å². The monoisotopic (exact) mass is 379 g/mol. The summed E-state index contributed by atoms with van der Waals surface area (Å²) in [6, 6.07) is 19.2. The van der Waals surface area contributed by atoms with E-state index in [0.29, 0.717) is 6.61 Å². The van der Waals surface area contributed by atoms with Gasteiger partial charge in [0.15, 0.2) is 7.14 Å². The second-order valence-electron chi connectivity index (χ2n) is 6.02. The van der Waals surface area contributed by atoms with E-state index in [4.69, 9.17) is 4.74 Å². The minimum Gasteiger partial charge on any atom is -0.463 e. The van der Waals surface area contributed by atoms with Crippen LogP contribution >= 0.6 is 7.14 Å². The highest BCUT2D eigenvalue weighted by Gasteiger charge is 2.34. The van der Waals surface area contributed by atoms with Crippen molar-refractivity contribution in [1.29, 1.82) is 0 Å². The molecular weight excluding hydrogens is 357 g/mol. The third kappa shape index (κ3) is 4.29. The topological polar surface area (TPSA) is 46.6 Å². The molecule has 4 nitrogen and oxygen atoms in total. The number of carbonyl (C=O) groups is 1. The fourth-order valence-electron chi connectivity index (χ4n) is 2.96. The predicted molar refractivity (Wildman–Crippen MR) is 109 cm³/mol. The fourth-order valence-corrected chi connectivity index (χ4v) is 5.82. The molecule has 27 heavy (non-hydrogen) atoms. The molecule has 0 N–H and O–H groups in total. The molecule has 0 spiro atoms. The molecule has 0 saturated heterocycles. The molecule has 1 aliphatic heterocycles. The van der Waals surface area contributed by atoms with Gasteiger partial charge in [-0.15, -0.1) is 0 Å². The van der Waals surface area contributed by atoms with E-state index in [0.717, 1.165) is 10.6 Å². The van der Waals surface area contributed by atoms with Crippen molar-refractivity contribution in [2.45, 2.75) is 12.6 Å². The van der Waals surface area contributed by atoms with Crippen LogP contribution in [0.5, 0.6) is 0 Å². The van der Waals surface area contributed by atoms with Crippen LogP contribution in [0.15, 0.2) is 97.5 Å². The van der Waals surface area contributed by atoms with Crippen LogP contribution in [0, 0.1) is 0 Å². The molecule has 1 aliphatic rings. The van der Waals surface area contributed by atoms with E-state index in [2.05, 4.69) is 0 Å². The van der Waals surface area contributed by atoms with Crippen molar-refractivity contribution in [2.24, 2.45) is 0 Å². The first-order chi connectivity index (χ1) is 13.1. The van der Waals surface area contributed by atoms with Crippen LogP contribution < -0.4 is 10.6 Å². The summed E-state index contributed by atoms with van der Waals surface area (Å²) >= 11 is 0. The zero-order valence-electron chi connectivity index (χ0n) is 15.1. The molecule has 0 fully saturated rings. The number of nitrogens with zero attached hydrogens (tertiary/aromatic N) is 1. The Morgan fingerprint density at radius 2 is 1.52 bits per heavy atom. The molecule has 0 saturated carbocycles. The van der Waals surface area contributed by atoms with Gasteiger partial charge in [-0.25, -0.2) is 4.79 Å². The van der Waals surface area contributed by atoms with Crippen LogP contribution in [-0.2, 0) is 14.1 Å². The van der Waals surface area contributed by atoms with Gasteiger partial charge in [0.05, 0.1) is 12.3 Å². The molecule has 0 aromatic heterocycles. The number of hydrogen-bond acceptors (Lipinski definition) is 4. The van der Waals surface area contributed by atoms with E-state index >= 15 is 0 Å². The van der Waals surface area contributed by atoms with Gasteiger partial charge in [-0.2, -0.15) is 0 Å². The summed E-state index contributed by atoms with van der Waals surface area (Å²) in [5.41, 5.74) is -0.255. The number of rotatable bonds is 6. The lowest BCUT2D eigenvalue weighted by atomic mass is 10.3. The largest absolute Gasteiger partial charge is 0.463 e. The van der Waals surface area contributed by atoms with Crippen LogP contribution in [0.4, 0.5) is 0 Å². The Morgan fingerprint density at radius 3 is 2.00 bits per heavy atom. The lowest BCUT2D eigenvalue weighted by Crippen LogP contribution is -2.25. The highest BCUT2D eigenvalue weighted by molar-refractivity contribution is 7.79. The molecular formula is C22H22NO3P. The molecule has 0 bridgehead atoms. The number of allylic oxidation sites excluding steroid dienone is 2. The summed E-state index contributed by atoms with van der Waals surface area (Å²) in [4.78, 5) is 13.2. The van der Waals surface area contributed by atoms with E-state index in [1.165, 1.54) is 6.08 Å². The molecule has 0 unspecified atom stereocenters. The van der Waals surface area contributed by atoms with Gasteiger partial charge < -0.3 is 14.2 Å². The van der Waals surface area contributed by atoms with Crippen molar-refractivity contribution in [3.05, 3.63) is 97.5 Å². The molecule has 5 heteroatoms. The van der Waals surface area contributed by atoms with Crippen LogP contribution in [-0.4, -0.2) is 23.1 Å². The smallest absolute Gasteiger partial charge is 0.332 e. The molecule has 2 aromatic rings. The average Bonchev–Trinajstić information content (AvgIpc) is 2.73. The quantitative estimate of drug-likeness (QED) is 0.435. The summed E-state index contributed by atoms with van der Waals surface area (Å²) in [5.74, 6) is -0.388. The van der Waals surface area contributed by atoms with E-state index in [1.807, 2.05) is 85.2 Å². The second kappa shape index (κ2) is 8.70. The predicted octanol–water partition coefficient (Wildman–Crippen LogP) is 3.79. The maximum Gasteiger partial charge on any atom is 0.332 e. The van der Waals surface area contributed by atoms with Gasteiger partial charge in [-0.1, -0.05) is 72.8 Å². The van der Waals surface area contributed by atoms with Crippen LogP contribution in [0.25, 0.3) is 0 Å². The summed E-state index contributed by atoms with van der Waals surface area (Å²) in [7, 11) is -2.89. The van der Waals surface area contributed by atoms with Crippen LogP contribution in [0.2, 0.25) is 0 Å². The summed E-state index contributed by atoms with van der Waals surface area (Å²) in [6.45, 7) is 2.11. The SMILES string of the molecule is CCOC(=O)/C=C/N1C=CC(P(=O)(c2ccccc2)c2ccccc2)C=C1. The Kier molecular flexibility index (Phi) is 6.10. The highest BCUT2D eigenvalue weighted by atomic mass is 31.2. The number of hydrogen-bond donors (Lipinski definition) is 0. The van der Waals surface area contributed by atoms with Gasteiger partial charge in [0.1, 0.15) is 0 Å². The van der Waals surface area contributed by atoms with Gasteiger partial charge in [0.25, 0.3) is 0 Å². The van der Waals surface area contributed by atoms with Gasteiger partial charge in [0.2, 0.25) is 0 Å². The normalized spacial score (nSPS) is 14.6. The number of esters is 1. The van der Waals surface area contributed by atoms with Gasteiger partial charge >= 0.3 is 5.97 Å². The van der Waals surface area contributed by atoms with Crippen LogP contribution in [0.3, 0.4) is 0 Å². The first-order valence-electron chi connectivity index (χ1n) is 8.84. The second-order valence-corrected chi connectivity index (χ2v) is 8.96. The highest BCUT2D eigenvalue weighted by Crippen LogP contribution is 2.50. The molecule has 0 amide bonds. The van der Waals surface area contributed by atoms with E-state index < -0.39 is 7.14 Å². The van der Waals surface area contributed by atoms with Crippen molar-refractivity contribution in [1.82, 2.24) is 4.90 Å². The Balaban J connectivity index is 1.88. The van der Waals surface area contributed by atoms with Crippen molar-refractivity contribution in [3.63, 3.8) is 0 Å². The minimum atomic E-state index is -2.89. The standard InChI is InChI=1S/C22H22NO3P/c1-2-26-22(24)15-18-23-16-13-21(14-17-23)27(25,19-9-5-3-6-10-19)20-11-7-4-8-12-20/h3-18,21H,2H2,1H3/b18-15+. The molecule has 0 atom stereocenters. The number of carbonyl (C=O) groups excluding carboxylic acids is 1. The molecule has 1 heterocycles. The fraction of sp³-hybridized carbons (Fsp3) is 0.136. The average molecular weight is 379 g/mol. The Morgan fingerprint density at radius 1 is 1.00 bits per heavy atom. The summed E-state index contributed by atoms with van der Waals surface area (Å²) in [5, 5.41) is 1.65. The Bertz CT molecular complexity index is 846. The van der Waals surface area contributed by atoms with Crippen molar-refractivity contribution < 1.29 is 14.1 Å². The zero-order chi connectivity index (χ0) is 19.1. The van der Waals surface area contributed by atoms with Crippen molar-refractivity contribution in [3.8, 4) is 0 Å².